The lowest BCUT2D eigenvalue weighted by molar-refractivity contribution is 0.302. The van der Waals surface area contributed by atoms with Gasteiger partial charge in [0.1, 0.15) is 0 Å². The first-order valence-electron chi connectivity index (χ1n) is 5.99. The van der Waals surface area contributed by atoms with Gasteiger partial charge >= 0.3 is 0 Å². The van der Waals surface area contributed by atoms with Gasteiger partial charge in [-0.25, -0.2) is 18.4 Å². The molecule has 106 valence electrons. The Morgan fingerprint density at radius 2 is 2.20 bits per heavy atom. The molecule has 0 bridgehead atoms. The van der Waals surface area contributed by atoms with Gasteiger partial charge in [0, 0.05) is 5.56 Å². The van der Waals surface area contributed by atoms with Gasteiger partial charge in [0.25, 0.3) is 0 Å². The number of anilines is 1. The Bertz CT molecular complexity index is 652. The predicted molar refractivity (Wildman–Crippen MR) is 71.9 cm³/mol. The van der Waals surface area contributed by atoms with Crippen molar-refractivity contribution in [1.29, 1.82) is 0 Å². The summed E-state index contributed by atoms with van der Waals surface area (Å²) < 4.78 is 33.7. The summed E-state index contributed by atoms with van der Waals surface area (Å²) in [6.07, 6.45) is 2.82. The predicted octanol–water partition coefficient (Wildman–Crippen LogP) is 2.33. The van der Waals surface area contributed by atoms with Crippen LogP contribution in [0.2, 0.25) is 0 Å². The van der Waals surface area contributed by atoms with Crippen LogP contribution in [0.3, 0.4) is 0 Å². The molecule has 0 atom stereocenters. The van der Waals surface area contributed by atoms with Gasteiger partial charge in [-0.15, -0.1) is 0 Å². The second kappa shape index (κ2) is 5.68. The van der Waals surface area contributed by atoms with E-state index in [0.29, 0.717) is 5.69 Å². The molecule has 0 spiro atoms. The van der Waals surface area contributed by atoms with Crippen molar-refractivity contribution in [3.05, 3.63) is 41.2 Å². The van der Waals surface area contributed by atoms with Crippen molar-refractivity contribution in [2.75, 3.05) is 12.3 Å². The van der Waals surface area contributed by atoms with E-state index in [1.54, 1.807) is 20.0 Å². The first-order chi connectivity index (χ1) is 9.52. The summed E-state index contributed by atoms with van der Waals surface area (Å²) in [4.78, 5) is 3.96. The molecule has 1 aromatic carbocycles. The quantitative estimate of drug-likeness (QED) is 0.874. The molecule has 0 radical (unpaired) electrons. The zero-order valence-electron chi connectivity index (χ0n) is 11.1. The molecule has 0 aliphatic heterocycles. The number of benzene rings is 1. The second-order valence-electron chi connectivity index (χ2n) is 4.04. The topological polar surface area (TPSA) is 65.4 Å². The number of nitrogens with two attached hydrogens (primary N) is 1. The van der Waals surface area contributed by atoms with Gasteiger partial charge in [-0.1, -0.05) is 0 Å². The molecule has 0 unspecified atom stereocenters. The summed E-state index contributed by atoms with van der Waals surface area (Å²) in [7, 11) is 0. The summed E-state index contributed by atoms with van der Waals surface area (Å²) in [5, 5.41) is 3.97. The van der Waals surface area contributed by atoms with Gasteiger partial charge in [0.2, 0.25) is 5.95 Å². The van der Waals surface area contributed by atoms with Gasteiger partial charge in [-0.05, 0) is 26.0 Å². The third-order valence-electron chi connectivity index (χ3n) is 2.52. The first-order valence-corrected chi connectivity index (χ1v) is 5.99. The summed E-state index contributed by atoms with van der Waals surface area (Å²) in [5.74, 6) is -1.77. The number of nitrogens with zero attached hydrogens (tertiary/aromatic N) is 3. The van der Waals surface area contributed by atoms with Crippen LogP contribution in [0.1, 0.15) is 18.2 Å². The Morgan fingerprint density at radius 1 is 1.45 bits per heavy atom. The van der Waals surface area contributed by atoms with Crippen LogP contribution in [-0.2, 0) is 0 Å². The summed E-state index contributed by atoms with van der Waals surface area (Å²) in [6, 6.07) is 2.40. The van der Waals surface area contributed by atoms with Crippen LogP contribution in [0.5, 0.6) is 5.75 Å². The molecule has 2 aromatic rings. The lowest BCUT2D eigenvalue weighted by Gasteiger charge is -2.07. The smallest absolute Gasteiger partial charge is 0.221 e. The Morgan fingerprint density at radius 3 is 2.80 bits per heavy atom. The normalized spacial score (nSPS) is 11.2. The number of ether oxygens (including phenoxy) is 1. The first kappa shape index (κ1) is 14.0. The van der Waals surface area contributed by atoms with E-state index >= 15 is 0 Å². The van der Waals surface area contributed by atoms with Gasteiger partial charge in [0.15, 0.2) is 17.4 Å². The van der Waals surface area contributed by atoms with Crippen molar-refractivity contribution in [2.45, 2.75) is 13.8 Å². The van der Waals surface area contributed by atoms with Crippen LogP contribution in [0.15, 0.2) is 23.4 Å². The molecule has 7 heteroatoms. The highest BCUT2D eigenvalue weighted by atomic mass is 19.1. The summed E-state index contributed by atoms with van der Waals surface area (Å²) in [6.45, 7) is 3.57. The minimum atomic E-state index is -0.800. The molecular formula is C13H14F2N4O. The van der Waals surface area contributed by atoms with E-state index in [4.69, 9.17) is 10.5 Å². The molecule has 0 saturated heterocycles. The molecule has 0 fully saturated rings. The molecule has 0 amide bonds. The van der Waals surface area contributed by atoms with Crippen LogP contribution in [0, 0.1) is 18.6 Å². The molecule has 5 nitrogen and oxygen atoms in total. The number of aryl methyl sites for hydroxylation is 1. The Balaban J connectivity index is 2.34. The van der Waals surface area contributed by atoms with E-state index in [0.717, 1.165) is 6.07 Å². The van der Waals surface area contributed by atoms with Gasteiger partial charge < -0.3 is 10.5 Å². The third-order valence-corrected chi connectivity index (χ3v) is 2.52. The Labute approximate surface area is 114 Å². The van der Waals surface area contributed by atoms with E-state index in [-0.39, 0.29) is 18.1 Å². The van der Waals surface area contributed by atoms with Crippen molar-refractivity contribution in [3.8, 4) is 5.75 Å². The molecular weight excluding hydrogens is 266 g/mol. The fraction of sp³-hybridized carbons (Fsp3) is 0.231. The van der Waals surface area contributed by atoms with Crippen molar-refractivity contribution >= 4 is 12.2 Å². The van der Waals surface area contributed by atoms with Crippen LogP contribution in [-0.4, -0.2) is 22.5 Å². The zero-order chi connectivity index (χ0) is 14.7. The molecule has 1 aromatic heterocycles. The summed E-state index contributed by atoms with van der Waals surface area (Å²) >= 11 is 0. The largest absolute Gasteiger partial charge is 0.488 e. The van der Waals surface area contributed by atoms with Crippen LogP contribution >= 0.6 is 0 Å². The maximum absolute atomic E-state index is 14.0. The highest BCUT2D eigenvalue weighted by Gasteiger charge is 2.13. The number of rotatable bonds is 4. The fourth-order valence-electron chi connectivity index (χ4n) is 1.64. The van der Waals surface area contributed by atoms with Crippen LogP contribution in [0.25, 0.3) is 0 Å². The van der Waals surface area contributed by atoms with Crippen molar-refractivity contribution in [3.63, 3.8) is 0 Å². The lowest BCUT2D eigenvalue weighted by Crippen LogP contribution is -2.02. The van der Waals surface area contributed by atoms with Gasteiger partial charge in [-0.2, -0.15) is 5.10 Å². The monoisotopic (exact) mass is 280 g/mol. The lowest BCUT2D eigenvalue weighted by atomic mass is 10.2. The fourth-order valence-corrected chi connectivity index (χ4v) is 1.64. The van der Waals surface area contributed by atoms with Crippen LogP contribution < -0.4 is 10.5 Å². The van der Waals surface area contributed by atoms with E-state index in [1.165, 1.54) is 17.0 Å². The number of imidazole rings is 1. The molecule has 0 saturated carbocycles. The van der Waals surface area contributed by atoms with Gasteiger partial charge in [0.05, 0.1) is 24.7 Å². The minimum absolute atomic E-state index is 0.0978. The summed E-state index contributed by atoms with van der Waals surface area (Å²) in [5.41, 5.74) is 6.39. The molecule has 2 N–H and O–H groups in total. The third kappa shape index (κ3) is 2.76. The number of aromatic nitrogens is 2. The minimum Gasteiger partial charge on any atom is -0.488 e. The van der Waals surface area contributed by atoms with Crippen molar-refractivity contribution in [2.24, 2.45) is 5.10 Å². The van der Waals surface area contributed by atoms with E-state index in [9.17, 15) is 8.78 Å². The second-order valence-corrected chi connectivity index (χ2v) is 4.04. The van der Waals surface area contributed by atoms with Crippen molar-refractivity contribution in [1.82, 2.24) is 9.66 Å². The average molecular weight is 280 g/mol. The Hall–Kier alpha value is -2.44. The number of hydrogen-bond donors (Lipinski definition) is 1. The SMILES string of the molecule is CCOc1c(F)ccc(C=Nn2cc(C)nc2N)c1F. The molecule has 1 heterocycles. The average Bonchev–Trinajstić information content (AvgIpc) is 2.72. The number of halogens is 2. The standard InChI is InChI=1S/C13H14F2N4O/c1-3-20-12-10(14)5-4-9(11(12)15)6-17-19-7-8(2)18-13(19)16/h4-7H,3H2,1-2H3,(H2,16,18). The van der Waals surface area contributed by atoms with Gasteiger partial charge in [-0.3, -0.25) is 0 Å². The van der Waals surface area contributed by atoms with E-state index < -0.39 is 17.4 Å². The Kier molecular flexibility index (Phi) is 3.97. The highest BCUT2D eigenvalue weighted by molar-refractivity contribution is 5.80. The zero-order valence-corrected chi connectivity index (χ0v) is 11.1. The highest BCUT2D eigenvalue weighted by Crippen LogP contribution is 2.23. The maximum atomic E-state index is 14.0. The van der Waals surface area contributed by atoms with Crippen molar-refractivity contribution < 1.29 is 13.5 Å². The molecule has 2 rings (SSSR count). The molecule has 20 heavy (non-hydrogen) atoms. The number of hydrogen-bond acceptors (Lipinski definition) is 4. The maximum Gasteiger partial charge on any atom is 0.221 e. The van der Waals surface area contributed by atoms with Crippen LogP contribution in [0.4, 0.5) is 14.7 Å². The molecule has 0 aliphatic carbocycles. The number of nitrogen functional groups attached to an aromatic ring is 1. The molecule has 0 aliphatic rings. The van der Waals surface area contributed by atoms with E-state index in [2.05, 4.69) is 10.1 Å². The van der Waals surface area contributed by atoms with E-state index in [1.807, 2.05) is 0 Å².